The maximum Gasteiger partial charge on any atom is 0.253 e. The van der Waals surface area contributed by atoms with Crippen LogP contribution in [0.15, 0.2) is 76.1 Å². The van der Waals surface area contributed by atoms with E-state index >= 15 is 0 Å². The molecule has 0 saturated heterocycles. The molecule has 200 valence electrons. The molecule has 0 unspecified atom stereocenters. The molecule has 0 radical (unpaired) electrons. The fourth-order valence-electron chi connectivity index (χ4n) is 5.48. The summed E-state index contributed by atoms with van der Waals surface area (Å²) in [5.74, 6) is 2.09. The Morgan fingerprint density at radius 1 is 1.13 bits per heavy atom. The molecule has 2 aromatic carbocycles. The molecule has 1 aliphatic rings. The number of methoxy groups -OCH3 is 1. The van der Waals surface area contributed by atoms with Crippen molar-refractivity contribution >= 4 is 22.5 Å². The lowest BCUT2D eigenvalue weighted by atomic mass is 10.0. The highest BCUT2D eigenvalue weighted by molar-refractivity contribution is 6.30. The Kier molecular flexibility index (Phi) is 7.17. The first-order valence-electron chi connectivity index (χ1n) is 13.1. The van der Waals surface area contributed by atoms with Crippen molar-refractivity contribution in [3.63, 3.8) is 0 Å². The van der Waals surface area contributed by atoms with Crippen LogP contribution in [-0.2, 0) is 13.1 Å². The molecule has 3 heterocycles. The smallest absolute Gasteiger partial charge is 0.253 e. The van der Waals surface area contributed by atoms with Crippen LogP contribution in [0.1, 0.15) is 60.5 Å². The van der Waals surface area contributed by atoms with E-state index in [1.54, 1.807) is 13.4 Å². The van der Waals surface area contributed by atoms with Crippen molar-refractivity contribution in [3.8, 4) is 5.75 Å². The van der Waals surface area contributed by atoms with Crippen molar-refractivity contribution in [3.05, 3.63) is 105 Å². The number of fused-ring (bicyclic) bond motifs is 1. The average molecular weight is 545 g/mol. The number of rotatable bonds is 9. The van der Waals surface area contributed by atoms with Crippen LogP contribution in [0, 0.1) is 0 Å². The van der Waals surface area contributed by atoms with Crippen LogP contribution in [0.5, 0.6) is 5.75 Å². The lowest BCUT2D eigenvalue weighted by molar-refractivity contribution is 0.176. The summed E-state index contributed by atoms with van der Waals surface area (Å²) in [5.41, 5.74) is 2.09. The van der Waals surface area contributed by atoms with Crippen molar-refractivity contribution < 1.29 is 9.15 Å². The minimum Gasteiger partial charge on any atom is -0.497 e. The standard InChI is InChI=1S/C29H29ClN6O3/c1-38-23-13-10-20-15-25(29(37)31-26(20)16-23)27(28-32-33-34-36(28)22-5-2-3-6-22)35(18-24-7-4-14-39-24)17-19-8-11-21(30)12-9-19/h4,7-16,22,27H,2-3,5-6,17-18H2,1H3,(H,31,37)/t27-/m0/s1. The summed E-state index contributed by atoms with van der Waals surface area (Å²) in [6.07, 6.45) is 5.94. The fraction of sp³-hybridized carbons (Fsp3) is 0.310. The second-order valence-corrected chi connectivity index (χ2v) is 10.4. The van der Waals surface area contributed by atoms with E-state index in [9.17, 15) is 4.79 Å². The maximum atomic E-state index is 13.8. The molecule has 39 heavy (non-hydrogen) atoms. The Morgan fingerprint density at radius 2 is 1.95 bits per heavy atom. The number of benzene rings is 2. The first-order chi connectivity index (χ1) is 19.1. The molecule has 6 rings (SSSR count). The monoisotopic (exact) mass is 544 g/mol. The Hall–Kier alpha value is -3.95. The van der Waals surface area contributed by atoms with Gasteiger partial charge in [-0.15, -0.1) is 5.10 Å². The number of furan rings is 1. The maximum absolute atomic E-state index is 13.8. The first-order valence-corrected chi connectivity index (χ1v) is 13.5. The third kappa shape index (κ3) is 5.32. The van der Waals surface area contributed by atoms with Gasteiger partial charge in [0.15, 0.2) is 5.82 Å². The van der Waals surface area contributed by atoms with E-state index in [-0.39, 0.29) is 11.6 Å². The second kappa shape index (κ2) is 11.0. The van der Waals surface area contributed by atoms with Gasteiger partial charge in [0.2, 0.25) is 0 Å². The van der Waals surface area contributed by atoms with Crippen molar-refractivity contribution in [1.29, 1.82) is 0 Å². The summed E-state index contributed by atoms with van der Waals surface area (Å²) >= 11 is 6.18. The van der Waals surface area contributed by atoms with Crippen molar-refractivity contribution in [2.75, 3.05) is 7.11 Å². The highest BCUT2D eigenvalue weighted by Gasteiger charge is 2.34. The van der Waals surface area contributed by atoms with Gasteiger partial charge in [-0.25, -0.2) is 4.68 Å². The minimum atomic E-state index is -0.545. The number of hydrogen-bond donors (Lipinski definition) is 1. The number of nitrogens with zero attached hydrogens (tertiary/aromatic N) is 5. The van der Waals surface area contributed by atoms with Crippen LogP contribution < -0.4 is 10.3 Å². The predicted molar refractivity (Wildman–Crippen MR) is 148 cm³/mol. The van der Waals surface area contributed by atoms with Crippen LogP contribution in [0.4, 0.5) is 0 Å². The van der Waals surface area contributed by atoms with Gasteiger partial charge < -0.3 is 14.1 Å². The molecular formula is C29H29ClN6O3. The number of H-pyrrole nitrogens is 1. The Labute approximate surface area is 230 Å². The number of ether oxygens (including phenoxy) is 1. The summed E-state index contributed by atoms with van der Waals surface area (Å²) in [4.78, 5) is 19.0. The lowest BCUT2D eigenvalue weighted by Crippen LogP contribution is -2.35. The Bertz CT molecular complexity index is 1610. The molecule has 0 aliphatic heterocycles. The molecule has 5 aromatic rings. The van der Waals surface area contributed by atoms with E-state index in [2.05, 4.69) is 25.4 Å². The van der Waals surface area contributed by atoms with Gasteiger partial charge in [0.05, 0.1) is 31.5 Å². The normalized spacial score (nSPS) is 14.8. The van der Waals surface area contributed by atoms with Gasteiger partial charge in [0.1, 0.15) is 17.6 Å². The van der Waals surface area contributed by atoms with E-state index in [4.69, 9.17) is 20.8 Å². The SMILES string of the molecule is COc1ccc2cc([C@@H](c3nnnn3C3CCCC3)N(Cc3ccc(Cl)cc3)Cc3ccco3)c(=O)[nH]c2c1. The van der Waals surface area contributed by atoms with Crippen LogP contribution in [0.25, 0.3) is 10.9 Å². The summed E-state index contributed by atoms with van der Waals surface area (Å²) in [5, 5.41) is 14.6. The molecule has 3 aromatic heterocycles. The Morgan fingerprint density at radius 3 is 2.69 bits per heavy atom. The fourth-order valence-corrected chi connectivity index (χ4v) is 5.61. The molecule has 0 spiro atoms. The number of nitrogens with one attached hydrogen (secondary N) is 1. The van der Waals surface area contributed by atoms with Crippen LogP contribution in [0.2, 0.25) is 5.02 Å². The predicted octanol–water partition coefficient (Wildman–Crippen LogP) is 5.68. The number of hydrogen-bond acceptors (Lipinski definition) is 7. The van der Waals surface area contributed by atoms with Crippen LogP contribution in [-0.4, -0.2) is 37.2 Å². The zero-order valence-corrected chi connectivity index (χ0v) is 22.3. The molecule has 1 aliphatic carbocycles. The van der Waals surface area contributed by atoms with Crippen LogP contribution in [0.3, 0.4) is 0 Å². The van der Waals surface area contributed by atoms with Gasteiger partial charge in [-0.05, 0) is 76.7 Å². The molecular weight excluding hydrogens is 516 g/mol. The van der Waals surface area contributed by atoms with Crippen molar-refractivity contribution in [2.24, 2.45) is 0 Å². The minimum absolute atomic E-state index is 0.197. The number of tetrazole rings is 1. The highest BCUT2D eigenvalue weighted by Crippen LogP contribution is 2.35. The van der Waals surface area contributed by atoms with Gasteiger partial charge in [0, 0.05) is 23.2 Å². The molecule has 10 heteroatoms. The molecule has 0 bridgehead atoms. The largest absolute Gasteiger partial charge is 0.497 e. The third-order valence-corrected chi connectivity index (χ3v) is 7.66. The second-order valence-electron chi connectivity index (χ2n) is 9.94. The number of halogens is 1. The van der Waals surface area contributed by atoms with Crippen molar-refractivity contribution in [1.82, 2.24) is 30.1 Å². The summed E-state index contributed by atoms with van der Waals surface area (Å²) in [6, 6.07) is 18.8. The molecule has 0 amide bonds. The number of aromatic amines is 1. The van der Waals surface area contributed by atoms with Crippen LogP contribution >= 0.6 is 11.6 Å². The van der Waals surface area contributed by atoms with Gasteiger partial charge in [-0.3, -0.25) is 9.69 Å². The highest BCUT2D eigenvalue weighted by atomic mass is 35.5. The van der Waals surface area contributed by atoms with Crippen molar-refractivity contribution in [2.45, 2.75) is 50.9 Å². The quantitative estimate of drug-likeness (QED) is 0.255. The van der Waals surface area contributed by atoms with E-state index in [1.165, 1.54) is 0 Å². The lowest BCUT2D eigenvalue weighted by Gasteiger charge is -2.31. The van der Waals surface area contributed by atoms with Gasteiger partial charge >= 0.3 is 0 Å². The van der Waals surface area contributed by atoms with E-state index < -0.39 is 6.04 Å². The summed E-state index contributed by atoms with van der Waals surface area (Å²) in [6.45, 7) is 0.956. The topological polar surface area (TPSA) is 102 Å². The average Bonchev–Trinajstić information content (AvgIpc) is 3.73. The summed E-state index contributed by atoms with van der Waals surface area (Å²) < 4.78 is 13.0. The third-order valence-electron chi connectivity index (χ3n) is 7.41. The van der Waals surface area contributed by atoms with E-state index in [1.807, 2.05) is 65.3 Å². The van der Waals surface area contributed by atoms with E-state index in [0.29, 0.717) is 40.8 Å². The number of aromatic nitrogens is 5. The molecule has 9 nitrogen and oxygen atoms in total. The molecule has 1 N–H and O–H groups in total. The molecule has 1 atom stereocenters. The van der Waals surface area contributed by atoms with Gasteiger partial charge in [-0.2, -0.15) is 0 Å². The van der Waals surface area contributed by atoms with Gasteiger partial charge in [-0.1, -0.05) is 36.6 Å². The first kappa shape index (κ1) is 25.3. The zero-order chi connectivity index (χ0) is 26.8. The van der Waals surface area contributed by atoms with Gasteiger partial charge in [0.25, 0.3) is 5.56 Å². The summed E-state index contributed by atoms with van der Waals surface area (Å²) in [7, 11) is 1.61. The zero-order valence-electron chi connectivity index (χ0n) is 21.6. The molecule has 1 fully saturated rings. The number of pyridine rings is 1. The molecule has 1 saturated carbocycles. The Balaban J connectivity index is 1.52. The van der Waals surface area contributed by atoms with E-state index in [0.717, 1.165) is 42.4 Å².